The predicted molar refractivity (Wildman–Crippen MR) is 114 cm³/mol. The molecule has 0 saturated carbocycles. The van der Waals surface area contributed by atoms with E-state index in [9.17, 15) is 29.3 Å². The van der Waals surface area contributed by atoms with E-state index in [2.05, 4.69) is 0 Å². The van der Waals surface area contributed by atoms with Crippen LogP contribution in [0.1, 0.15) is 39.1 Å². The summed E-state index contributed by atoms with van der Waals surface area (Å²) in [7, 11) is 0. The molecule has 1 spiro atoms. The monoisotopic (exact) mass is 446 g/mol. The van der Waals surface area contributed by atoms with Gasteiger partial charge < -0.3 is 4.90 Å². The minimum Gasteiger partial charge on any atom is -0.313 e. The lowest BCUT2D eigenvalue weighted by Gasteiger charge is -2.32. The molecule has 2 amide bonds. The number of hydrogen-bond donors (Lipinski definition) is 1. The Morgan fingerprint density at radius 3 is 2.33 bits per heavy atom. The van der Waals surface area contributed by atoms with Gasteiger partial charge in [0.2, 0.25) is 28.9 Å². The van der Waals surface area contributed by atoms with E-state index >= 15 is 0 Å². The van der Waals surface area contributed by atoms with Crippen molar-refractivity contribution in [2.45, 2.75) is 31.3 Å². The third-order valence-corrected chi connectivity index (χ3v) is 7.94. The first kappa shape index (κ1) is 19.9. The summed E-state index contributed by atoms with van der Waals surface area (Å²) in [6.07, 6.45) is 1.38. The molecular formula is C24H20N3O6+. The van der Waals surface area contributed by atoms with Crippen LogP contribution in [0.15, 0.2) is 42.5 Å². The molecule has 3 heterocycles. The highest BCUT2D eigenvalue weighted by molar-refractivity contribution is 6.36. The standard InChI is InChI=1S/C24H19N3O6/c1-12-8-9-13(27(32)33)11-17(12)26-22(30)18-16-7-4-10-25(16)24(19(18)23(26)31)20(28)14-5-2-3-6-15(14)21(24)29/h2-3,5-6,8-9,11,16,18-19H,4,7,10H2,1H3/p+1/t16-,18+,19+/m1/s1. The van der Waals surface area contributed by atoms with Crippen molar-refractivity contribution >= 4 is 34.8 Å². The van der Waals surface area contributed by atoms with Crippen molar-refractivity contribution < 1.29 is 29.0 Å². The Morgan fingerprint density at radius 2 is 1.70 bits per heavy atom. The largest absolute Gasteiger partial charge is 0.313 e. The number of benzene rings is 2. The van der Waals surface area contributed by atoms with Crippen LogP contribution < -0.4 is 9.80 Å². The summed E-state index contributed by atoms with van der Waals surface area (Å²) in [5, 5.41) is 11.3. The number of rotatable bonds is 2. The van der Waals surface area contributed by atoms with Gasteiger partial charge in [-0.1, -0.05) is 30.3 Å². The first-order chi connectivity index (χ1) is 15.8. The third kappa shape index (κ3) is 2.20. The summed E-state index contributed by atoms with van der Waals surface area (Å²) in [5.74, 6) is -3.81. The SMILES string of the molecule is Cc1ccc([N+](=O)[O-])cc1N1C(=O)[C@H]2[C@H]3CCC[NH+]3C3(C(=O)c4ccccc4C3=O)[C@@H]2C1=O. The second kappa shape index (κ2) is 6.41. The number of nitro benzene ring substituents is 1. The Morgan fingerprint density at radius 1 is 1.03 bits per heavy atom. The normalized spacial score (nSPS) is 29.1. The molecule has 0 bridgehead atoms. The third-order valence-electron chi connectivity index (χ3n) is 7.94. The van der Waals surface area contributed by atoms with Gasteiger partial charge in [0.05, 0.1) is 17.2 Å². The number of amides is 2. The van der Waals surface area contributed by atoms with Crippen molar-refractivity contribution in [1.82, 2.24) is 0 Å². The fourth-order valence-electron chi connectivity index (χ4n) is 6.68. The number of aryl methyl sites for hydroxylation is 1. The van der Waals surface area contributed by atoms with E-state index in [-0.39, 0.29) is 17.4 Å². The molecule has 2 aromatic rings. The number of hydrogen-bond acceptors (Lipinski definition) is 6. The molecule has 3 fully saturated rings. The lowest BCUT2D eigenvalue weighted by Crippen LogP contribution is -3.22. The molecule has 1 N–H and O–H groups in total. The summed E-state index contributed by atoms with van der Waals surface area (Å²) < 4.78 is 0. The Labute approximate surface area is 188 Å². The second-order valence-corrected chi connectivity index (χ2v) is 9.28. The number of non-ortho nitro benzene ring substituents is 1. The van der Waals surface area contributed by atoms with Gasteiger partial charge in [0.25, 0.3) is 5.69 Å². The Balaban J connectivity index is 1.54. The quantitative estimate of drug-likeness (QED) is 0.317. The maximum Gasteiger partial charge on any atom is 0.271 e. The van der Waals surface area contributed by atoms with Gasteiger partial charge in [-0.05, 0) is 12.5 Å². The number of imide groups is 1. The van der Waals surface area contributed by atoms with Crippen molar-refractivity contribution in [1.29, 1.82) is 0 Å². The maximum absolute atomic E-state index is 13.9. The van der Waals surface area contributed by atoms with Gasteiger partial charge in [-0.2, -0.15) is 0 Å². The lowest BCUT2D eigenvalue weighted by atomic mass is 9.76. The number of nitrogens with zero attached hydrogens (tertiary/aromatic N) is 2. The zero-order chi connectivity index (χ0) is 23.2. The Bertz CT molecular complexity index is 1280. The molecule has 1 unspecified atom stereocenters. The zero-order valence-electron chi connectivity index (χ0n) is 17.7. The average Bonchev–Trinajstić information content (AvgIpc) is 3.49. The van der Waals surface area contributed by atoms with Crippen LogP contribution in [-0.2, 0) is 9.59 Å². The Hall–Kier alpha value is -3.72. The molecular weight excluding hydrogens is 426 g/mol. The van der Waals surface area contributed by atoms with Crippen molar-refractivity contribution in [2.75, 3.05) is 11.4 Å². The number of ketones is 2. The average molecular weight is 446 g/mol. The lowest BCUT2D eigenvalue weighted by molar-refractivity contribution is -0.930. The van der Waals surface area contributed by atoms with Gasteiger partial charge in [-0.25, -0.2) is 4.90 Å². The molecule has 166 valence electrons. The molecule has 3 saturated heterocycles. The first-order valence-electron chi connectivity index (χ1n) is 11.0. The molecule has 4 aliphatic rings. The fraction of sp³-hybridized carbons (Fsp3) is 0.333. The highest BCUT2D eigenvalue weighted by Gasteiger charge is 2.80. The smallest absolute Gasteiger partial charge is 0.271 e. The molecule has 33 heavy (non-hydrogen) atoms. The van der Waals surface area contributed by atoms with Gasteiger partial charge in [-0.3, -0.25) is 29.3 Å². The van der Waals surface area contributed by atoms with Gasteiger partial charge in [-0.15, -0.1) is 0 Å². The predicted octanol–water partition coefficient (Wildman–Crippen LogP) is 0.888. The summed E-state index contributed by atoms with van der Waals surface area (Å²) in [5.41, 5.74) is -0.626. The number of carbonyl (C=O) groups is 4. The highest BCUT2D eigenvalue weighted by Crippen LogP contribution is 2.49. The van der Waals surface area contributed by atoms with Crippen LogP contribution in [0.4, 0.5) is 11.4 Å². The van der Waals surface area contributed by atoms with E-state index in [0.717, 1.165) is 16.2 Å². The zero-order valence-corrected chi connectivity index (χ0v) is 17.7. The number of fused-ring (bicyclic) bond motifs is 6. The van der Waals surface area contributed by atoms with Crippen molar-refractivity contribution in [3.8, 4) is 0 Å². The number of anilines is 1. The van der Waals surface area contributed by atoms with E-state index in [4.69, 9.17) is 0 Å². The molecule has 0 radical (unpaired) electrons. The Kier molecular flexibility index (Phi) is 3.87. The van der Waals surface area contributed by atoms with E-state index in [1.54, 1.807) is 31.2 Å². The first-order valence-corrected chi connectivity index (χ1v) is 11.0. The molecule has 9 heteroatoms. The molecule has 4 atom stereocenters. The van der Waals surface area contributed by atoms with E-state index in [0.29, 0.717) is 29.7 Å². The molecule has 9 nitrogen and oxygen atoms in total. The van der Waals surface area contributed by atoms with Crippen LogP contribution in [0.2, 0.25) is 0 Å². The van der Waals surface area contributed by atoms with Crippen LogP contribution >= 0.6 is 0 Å². The summed E-state index contributed by atoms with van der Waals surface area (Å²) >= 11 is 0. The van der Waals surface area contributed by atoms with Gasteiger partial charge >= 0.3 is 0 Å². The summed E-state index contributed by atoms with van der Waals surface area (Å²) in [6, 6.07) is 10.3. The number of carbonyl (C=O) groups excluding carboxylic acids is 4. The van der Waals surface area contributed by atoms with Crippen LogP contribution in [0.25, 0.3) is 0 Å². The number of Topliss-reactive ketones (excluding diaryl/α,β-unsaturated/α-hetero) is 2. The van der Waals surface area contributed by atoms with Crippen molar-refractivity contribution in [2.24, 2.45) is 11.8 Å². The minimum atomic E-state index is -1.65. The maximum atomic E-state index is 13.9. The number of nitrogens with one attached hydrogen (secondary N) is 1. The summed E-state index contributed by atoms with van der Waals surface area (Å²) in [6.45, 7) is 2.21. The van der Waals surface area contributed by atoms with Gasteiger partial charge in [0.1, 0.15) is 17.9 Å². The second-order valence-electron chi connectivity index (χ2n) is 9.28. The minimum absolute atomic E-state index is 0.138. The van der Waals surface area contributed by atoms with Crippen LogP contribution in [-0.4, -0.2) is 46.4 Å². The van der Waals surface area contributed by atoms with Crippen LogP contribution in [0.5, 0.6) is 0 Å². The number of nitro groups is 1. The van der Waals surface area contributed by atoms with E-state index in [1.165, 1.54) is 18.2 Å². The highest BCUT2D eigenvalue weighted by atomic mass is 16.6. The van der Waals surface area contributed by atoms with Crippen molar-refractivity contribution in [3.63, 3.8) is 0 Å². The summed E-state index contributed by atoms with van der Waals surface area (Å²) in [4.78, 5) is 67.7. The van der Waals surface area contributed by atoms with E-state index in [1.807, 2.05) is 0 Å². The fourth-order valence-corrected chi connectivity index (χ4v) is 6.68. The molecule has 2 aromatic carbocycles. The van der Waals surface area contributed by atoms with Crippen LogP contribution in [0, 0.1) is 28.9 Å². The van der Waals surface area contributed by atoms with Gasteiger partial charge in [0.15, 0.2) is 0 Å². The topological polar surface area (TPSA) is 119 Å². The van der Waals surface area contributed by atoms with Crippen molar-refractivity contribution in [3.05, 3.63) is 69.3 Å². The van der Waals surface area contributed by atoms with E-state index < -0.39 is 45.7 Å². The molecule has 3 aliphatic heterocycles. The molecule has 6 rings (SSSR count). The molecule has 1 aliphatic carbocycles. The molecule has 0 aromatic heterocycles. The number of quaternary nitrogens is 1. The van der Waals surface area contributed by atoms with Gasteiger partial charge in [0, 0.05) is 36.1 Å². The van der Waals surface area contributed by atoms with Crippen LogP contribution in [0.3, 0.4) is 0 Å².